The molecule has 0 aliphatic heterocycles. The number of rotatable bonds is 9. The van der Waals surface area contributed by atoms with Crippen LogP contribution in [0.1, 0.15) is 0 Å². The maximum Gasteiger partial charge on any atom is 0.0572 e. The summed E-state index contributed by atoms with van der Waals surface area (Å²) in [6.07, 6.45) is 7.57. The first-order valence-corrected chi connectivity index (χ1v) is 21.5. The van der Waals surface area contributed by atoms with Gasteiger partial charge in [-0.25, -0.2) is 0 Å². The maximum absolute atomic E-state index is 4.43. The number of hydrogen-bond donors (Lipinski definition) is 0. The monoisotopic (exact) mass is 820 g/mol. The SMILES string of the molecule is c1ccc(N(c2ccccc2)c2ccc3c(c2)c2cc(N(c4ccccc4)c4ccccc4)ccc2n3-c2ccc(-c3cccc(-n4c5ccncc5c5cnccc54)c3)cc2)cc1. The zero-order valence-corrected chi connectivity index (χ0v) is 34.8. The zero-order valence-electron chi connectivity index (χ0n) is 34.8. The molecule has 6 heteroatoms. The minimum atomic E-state index is 1.09. The second-order valence-corrected chi connectivity index (χ2v) is 16.0. The standard InChI is InChI=1S/C58H40N6/c1-5-15-43(16-6-1)61(44-17-7-2-8-18-44)49-28-30-55-51(37-49)52-38-50(62(45-19-9-3-10-20-45)46-21-11-4-12-22-46)29-31-56(52)63(55)47-26-24-41(25-27-47)42-14-13-23-48(36-42)64-57-32-34-59-39-53(57)54-40-60-35-33-58(54)64/h1-40H. The van der Waals surface area contributed by atoms with Crippen LogP contribution in [0, 0.1) is 0 Å². The molecule has 64 heavy (non-hydrogen) atoms. The van der Waals surface area contributed by atoms with Gasteiger partial charge in [-0.05, 0) is 132 Å². The molecule has 0 aliphatic carbocycles. The molecule has 0 atom stereocenters. The van der Waals surface area contributed by atoms with Crippen molar-refractivity contribution in [1.29, 1.82) is 0 Å². The highest BCUT2D eigenvalue weighted by Crippen LogP contribution is 2.43. The van der Waals surface area contributed by atoms with Gasteiger partial charge in [0.25, 0.3) is 0 Å². The molecule has 0 aliphatic rings. The van der Waals surface area contributed by atoms with Gasteiger partial charge in [0.1, 0.15) is 0 Å². The summed E-state index contributed by atoms with van der Waals surface area (Å²) in [5, 5.41) is 4.51. The molecule has 0 bridgehead atoms. The highest BCUT2D eigenvalue weighted by molar-refractivity contribution is 6.12. The lowest BCUT2D eigenvalue weighted by molar-refractivity contribution is 1.17. The molecule has 302 valence electrons. The third-order valence-corrected chi connectivity index (χ3v) is 12.2. The lowest BCUT2D eigenvalue weighted by atomic mass is 10.0. The number of nitrogens with zero attached hydrogens (tertiary/aromatic N) is 6. The summed E-state index contributed by atoms with van der Waals surface area (Å²) in [7, 11) is 0. The number of para-hydroxylation sites is 4. The minimum Gasteiger partial charge on any atom is -0.310 e. The van der Waals surface area contributed by atoms with E-state index in [4.69, 9.17) is 0 Å². The van der Waals surface area contributed by atoms with Crippen LogP contribution in [0.4, 0.5) is 34.1 Å². The first kappa shape index (κ1) is 37.1. The molecule has 0 saturated heterocycles. The molecule has 4 aromatic heterocycles. The zero-order chi connectivity index (χ0) is 42.4. The van der Waals surface area contributed by atoms with Crippen LogP contribution in [0.15, 0.2) is 243 Å². The van der Waals surface area contributed by atoms with E-state index in [0.717, 1.165) is 89.5 Å². The Balaban J connectivity index is 1.01. The molecule has 0 radical (unpaired) electrons. The van der Waals surface area contributed by atoms with E-state index in [2.05, 4.69) is 247 Å². The van der Waals surface area contributed by atoms with Crippen molar-refractivity contribution < 1.29 is 0 Å². The van der Waals surface area contributed by atoms with Gasteiger partial charge in [0.15, 0.2) is 0 Å². The molecule has 0 fully saturated rings. The van der Waals surface area contributed by atoms with E-state index in [0.29, 0.717) is 0 Å². The lowest BCUT2D eigenvalue weighted by Crippen LogP contribution is -2.09. The largest absolute Gasteiger partial charge is 0.310 e. The van der Waals surface area contributed by atoms with Crippen LogP contribution in [-0.2, 0) is 0 Å². The molecule has 12 aromatic rings. The van der Waals surface area contributed by atoms with Crippen molar-refractivity contribution >= 4 is 77.7 Å². The van der Waals surface area contributed by atoms with Crippen LogP contribution in [0.5, 0.6) is 0 Å². The molecule has 0 N–H and O–H groups in total. The minimum absolute atomic E-state index is 1.09. The van der Waals surface area contributed by atoms with Crippen LogP contribution in [-0.4, -0.2) is 19.1 Å². The van der Waals surface area contributed by atoms with Crippen LogP contribution >= 0.6 is 0 Å². The fraction of sp³-hybridized carbons (Fsp3) is 0. The summed E-state index contributed by atoms with van der Waals surface area (Å²) < 4.78 is 4.71. The summed E-state index contributed by atoms with van der Waals surface area (Å²) >= 11 is 0. The second-order valence-electron chi connectivity index (χ2n) is 16.0. The fourth-order valence-electron chi connectivity index (χ4n) is 9.37. The van der Waals surface area contributed by atoms with Crippen LogP contribution in [0.2, 0.25) is 0 Å². The van der Waals surface area contributed by atoms with Crippen LogP contribution in [0.3, 0.4) is 0 Å². The Kier molecular flexibility index (Phi) is 9.05. The predicted molar refractivity (Wildman–Crippen MR) is 266 cm³/mol. The quantitative estimate of drug-likeness (QED) is 0.145. The predicted octanol–water partition coefficient (Wildman–Crippen LogP) is 15.3. The molecular weight excluding hydrogens is 781 g/mol. The van der Waals surface area contributed by atoms with Gasteiger partial charge in [-0.15, -0.1) is 0 Å². The third kappa shape index (κ3) is 6.36. The summed E-state index contributed by atoms with van der Waals surface area (Å²) in [5.74, 6) is 0. The number of fused-ring (bicyclic) bond motifs is 6. The number of pyridine rings is 2. The van der Waals surface area contributed by atoms with Crippen molar-refractivity contribution in [2.45, 2.75) is 0 Å². The van der Waals surface area contributed by atoms with Crippen molar-refractivity contribution in [3.05, 3.63) is 243 Å². The summed E-state index contributed by atoms with van der Waals surface area (Å²) in [5.41, 5.74) is 15.5. The van der Waals surface area contributed by atoms with Gasteiger partial charge in [0.05, 0.1) is 22.1 Å². The van der Waals surface area contributed by atoms with Gasteiger partial charge < -0.3 is 18.9 Å². The van der Waals surface area contributed by atoms with Gasteiger partial charge in [-0.1, -0.05) is 97.1 Å². The molecular formula is C58H40N6. The van der Waals surface area contributed by atoms with E-state index >= 15 is 0 Å². The summed E-state index contributed by atoms with van der Waals surface area (Å²) in [6.45, 7) is 0. The average Bonchev–Trinajstić information content (AvgIpc) is 3.88. The second kappa shape index (κ2) is 15.6. The molecule has 6 nitrogen and oxygen atoms in total. The molecule has 0 amide bonds. The topological polar surface area (TPSA) is 42.1 Å². The van der Waals surface area contributed by atoms with Crippen molar-refractivity contribution in [3.63, 3.8) is 0 Å². The van der Waals surface area contributed by atoms with Gasteiger partial charge >= 0.3 is 0 Å². The van der Waals surface area contributed by atoms with Crippen LogP contribution < -0.4 is 9.80 Å². The van der Waals surface area contributed by atoms with Gasteiger partial charge in [-0.2, -0.15) is 0 Å². The highest BCUT2D eigenvalue weighted by atomic mass is 15.1. The number of hydrogen-bond acceptors (Lipinski definition) is 4. The summed E-state index contributed by atoms with van der Waals surface area (Å²) in [4.78, 5) is 13.5. The van der Waals surface area contributed by atoms with Crippen molar-refractivity contribution in [2.75, 3.05) is 9.80 Å². The Morgan fingerprint density at radius 3 is 1.16 bits per heavy atom. The average molecular weight is 821 g/mol. The van der Waals surface area contributed by atoms with E-state index in [-0.39, 0.29) is 0 Å². The molecule has 8 aromatic carbocycles. The van der Waals surface area contributed by atoms with Crippen molar-refractivity contribution in [3.8, 4) is 22.5 Å². The molecule has 12 rings (SSSR count). The van der Waals surface area contributed by atoms with Crippen molar-refractivity contribution in [1.82, 2.24) is 19.1 Å². The van der Waals surface area contributed by atoms with E-state index < -0.39 is 0 Å². The molecule has 4 heterocycles. The summed E-state index contributed by atoms with van der Waals surface area (Å²) in [6, 6.07) is 78.2. The molecule has 0 unspecified atom stereocenters. The number of benzene rings is 8. The van der Waals surface area contributed by atoms with Gasteiger partial charge in [-0.3, -0.25) is 9.97 Å². The Morgan fingerprint density at radius 2 is 0.703 bits per heavy atom. The Hall–Kier alpha value is -8.74. The highest BCUT2D eigenvalue weighted by Gasteiger charge is 2.20. The first-order valence-electron chi connectivity index (χ1n) is 21.5. The van der Waals surface area contributed by atoms with E-state index in [1.165, 1.54) is 10.8 Å². The maximum atomic E-state index is 4.43. The first-order chi connectivity index (χ1) is 31.8. The molecule has 0 saturated carbocycles. The molecule has 0 spiro atoms. The van der Waals surface area contributed by atoms with E-state index in [1.807, 2.05) is 24.8 Å². The Labute approximate surface area is 370 Å². The van der Waals surface area contributed by atoms with E-state index in [9.17, 15) is 0 Å². The van der Waals surface area contributed by atoms with Crippen molar-refractivity contribution in [2.24, 2.45) is 0 Å². The smallest absolute Gasteiger partial charge is 0.0572 e. The number of aromatic nitrogens is 4. The van der Waals surface area contributed by atoms with Crippen LogP contribution in [0.25, 0.3) is 66.1 Å². The third-order valence-electron chi connectivity index (χ3n) is 12.2. The normalized spacial score (nSPS) is 11.4. The fourth-order valence-corrected chi connectivity index (χ4v) is 9.37. The van der Waals surface area contributed by atoms with Gasteiger partial charge in [0, 0.05) is 91.8 Å². The Bertz CT molecular complexity index is 3330. The van der Waals surface area contributed by atoms with E-state index in [1.54, 1.807) is 0 Å². The Morgan fingerprint density at radius 1 is 0.281 bits per heavy atom. The lowest BCUT2D eigenvalue weighted by Gasteiger charge is -2.26. The van der Waals surface area contributed by atoms with Gasteiger partial charge in [0.2, 0.25) is 0 Å². The number of anilines is 6.